The van der Waals surface area contributed by atoms with Gasteiger partial charge in [0.15, 0.2) is 8.32 Å². The van der Waals surface area contributed by atoms with E-state index in [1.54, 1.807) is 12.1 Å². The first kappa shape index (κ1) is 21.9. The van der Waals surface area contributed by atoms with Gasteiger partial charge in [-0.25, -0.2) is 4.39 Å². The molecule has 27 heavy (non-hydrogen) atoms. The summed E-state index contributed by atoms with van der Waals surface area (Å²) in [5, 5.41) is 0.206. The molecule has 0 aromatic heterocycles. The summed E-state index contributed by atoms with van der Waals surface area (Å²) in [5.41, 5.74) is 6.62. The van der Waals surface area contributed by atoms with Gasteiger partial charge in [0.2, 0.25) is 5.91 Å². The number of anilines is 1. The molecule has 0 unspecified atom stereocenters. The molecule has 0 saturated carbocycles. The Bertz CT molecular complexity index is 650. The molecule has 2 N–H and O–H groups in total. The Morgan fingerprint density at radius 1 is 1.30 bits per heavy atom. The van der Waals surface area contributed by atoms with Crippen LogP contribution in [-0.2, 0) is 15.6 Å². The van der Waals surface area contributed by atoms with Crippen molar-refractivity contribution in [3.63, 3.8) is 0 Å². The molecule has 152 valence electrons. The van der Waals surface area contributed by atoms with Crippen LogP contribution in [0.25, 0.3) is 0 Å². The number of carbonyl (C=O) groups excluding carboxylic acids is 1. The number of benzene rings is 1. The summed E-state index contributed by atoms with van der Waals surface area (Å²) < 4.78 is 20.3. The second kappa shape index (κ2) is 8.74. The van der Waals surface area contributed by atoms with Crippen molar-refractivity contribution in [1.29, 1.82) is 0 Å². The van der Waals surface area contributed by atoms with E-state index >= 15 is 0 Å². The second-order valence-corrected chi connectivity index (χ2v) is 13.9. The Hall–Kier alpha value is -1.40. The summed E-state index contributed by atoms with van der Waals surface area (Å²) in [6.45, 7) is 12.8. The first-order valence-corrected chi connectivity index (χ1v) is 12.9. The molecule has 0 atom stereocenters. The number of rotatable bonds is 6. The molecule has 1 fully saturated rings. The van der Waals surface area contributed by atoms with Gasteiger partial charge in [-0.1, -0.05) is 26.8 Å². The topological polar surface area (TPSA) is 55.6 Å². The van der Waals surface area contributed by atoms with Crippen LogP contribution in [-0.4, -0.2) is 38.3 Å². The zero-order valence-electron chi connectivity index (χ0n) is 17.5. The van der Waals surface area contributed by atoms with Gasteiger partial charge in [0.25, 0.3) is 0 Å². The van der Waals surface area contributed by atoms with Crippen molar-refractivity contribution >= 4 is 19.9 Å². The molecule has 0 spiro atoms. The van der Waals surface area contributed by atoms with Gasteiger partial charge in [-0.05, 0) is 61.5 Å². The zero-order chi connectivity index (χ0) is 20.2. The van der Waals surface area contributed by atoms with Crippen molar-refractivity contribution < 1.29 is 13.6 Å². The fourth-order valence-electron chi connectivity index (χ4n) is 3.17. The maximum atomic E-state index is 13.8. The monoisotopic (exact) mass is 394 g/mol. The van der Waals surface area contributed by atoms with E-state index in [2.05, 4.69) is 33.9 Å². The zero-order valence-corrected chi connectivity index (χ0v) is 18.5. The smallest absolute Gasteiger partial charge is 0.222 e. The number of piperidine rings is 1. The number of nitrogens with two attached hydrogens (primary N) is 1. The molecule has 1 aromatic rings. The second-order valence-electron chi connectivity index (χ2n) is 9.16. The van der Waals surface area contributed by atoms with Crippen molar-refractivity contribution in [2.75, 3.05) is 18.8 Å². The van der Waals surface area contributed by atoms with Gasteiger partial charge in [0.1, 0.15) is 5.82 Å². The summed E-state index contributed by atoms with van der Waals surface area (Å²) in [6, 6.07) is 4.75. The van der Waals surface area contributed by atoms with Gasteiger partial charge >= 0.3 is 0 Å². The molecule has 1 aliphatic heterocycles. The van der Waals surface area contributed by atoms with E-state index in [-0.39, 0.29) is 22.9 Å². The average molecular weight is 395 g/mol. The summed E-state index contributed by atoms with van der Waals surface area (Å²) in [6.07, 6.45) is 3.75. The number of likely N-dealkylation sites (tertiary alicyclic amines) is 1. The molecule has 6 heteroatoms. The highest BCUT2D eigenvalue weighted by atomic mass is 28.4. The van der Waals surface area contributed by atoms with E-state index in [0.29, 0.717) is 30.5 Å². The van der Waals surface area contributed by atoms with Crippen LogP contribution in [0.4, 0.5) is 10.1 Å². The molecule has 2 rings (SSSR count). The Labute approximate surface area is 164 Å². The van der Waals surface area contributed by atoms with Crippen LogP contribution in [0.3, 0.4) is 0 Å². The minimum absolute atomic E-state index is 0.164. The van der Waals surface area contributed by atoms with Crippen molar-refractivity contribution in [3.05, 3.63) is 29.6 Å². The Balaban J connectivity index is 1.75. The first-order chi connectivity index (χ1) is 12.5. The number of nitrogens with zero attached hydrogens (tertiary/aromatic N) is 1. The lowest BCUT2D eigenvalue weighted by Crippen LogP contribution is -2.48. The highest BCUT2D eigenvalue weighted by Gasteiger charge is 2.39. The number of amides is 1. The van der Waals surface area contributed by atoms with Crippen molar-refractivity contribution in [1.82, 2.24) is 4.90 Å². The summed E-state index contributed by atoms with van der Waals surface area (Å²) in [4.78, 5) is 14.4. The predicted octanol–water partition coefficient (Wildman–Crippen LogP) is 4.74. The average Bonchev–Trinajstić information content (AvgIpc) is 2.56. The molecular weight excluding hydrogens is 359 g/mol. The molecule has 1 aliphatic rings. The number of carbonyl (C=O) groups is 1. The number of halogens is 1. The van der Waals surface area contributed by atoms with Gasteiger partial charge < -0.3 is 15.1 Å². The normalized spacial score (nSPS) is 16.6. The standard InChI is InChI=1S/C21H35FN2O2Si/c1-21(2,3)27(4,5)26-18-11-13-24(14-12-18)20(25)8-6-7-16-9-10-17(23)15-19(16)22/h9-10,15,18H,6-8,11-14,23H2,1-5H3. The molecule has 1 amide bonds. The summed E-state index contributed by atoms with van der Waals surface area (Å²) >= 11 is 0. The van der Waals surface area contributed by atoms with E-state index in [1.165, 1.54) is 6.07 Å². The third-order valence-corrected chi connectivity index (χ3v) is 10.5. The molecule has 0 radical (unpaired) electrons. The van der Waals surface area contributed by atoms with Crippen LogP contribution < -0.4 is 5.73 Å². The van der Waals surface area contributed by atoms with E-state index in [0.717, 1.165) is 25.9 Å². The van der Waals surface area contributed by atoms with Crippen LogP contribution in [0, 0.1) is 5.82 Å². The molecule has 0 bridgehead atoms. The number of nitrogen functional groups attached to an aromatic ring is 1. The largest absolute Gasteiger partial charge is 0.414 e. The van der Waals surface area contributed by atoms with Gasteiger partial charge in [0.05, 0.1) is 0 Å². The SMILES string of the molecule is CC(C)(C)[Si](C)(C)OC1CCN(C(=O)CCCc2ccc(N)cc2F)CC1. The number of hydrogen-bond donors (Lipinski definition) is 1. The third kappa shape index (κ3) is 6.04. The van der Waals surface area contributed by atoms with Gasteiger partial charge in [-0.15, -0.1) is 0 Å². The predicted molar refractivity (Wildman–Crippen MR) is 112 cm³/mol. The highest BCUT2D eigenvalue weighted by Crippen LogP contribution is 2.38. The Morgan fingerprint density at radius 3 is 2.48 bits per heavy atom. The van der Waals surface area contributed by atoms with Crippen molar-refractivity contribution in [2.45, 2.75) is 77.1 Å². The fourth-order valence-corrected chi connectivity index (χ4v) is 4.59. The van der Waals surface area contributed by atoms with Crippen molar-refractivity contribution in [2.24, 2.45) is 0 Å². The highest BCUT2D eigenvalue weighted by molar-refractivity contribution is 6.74. The van der Waals surface area contributed by atoms with E-state index < -0.39 is 8.32 Å². The van der Waals surface area contributed by atoms with Crippen molar-refractivity contribution in [3.8, 4) is 0 Å². The van der Waals surface area contributed by atoms with Crippen LogP contribution in [0.15, 0.2) is 18.2 Å². The molecule has 1 heterocycles. The first-order valence-electron chi connectivity index (χ1n) is 9.99. The summed E-state index contributed by atoms with van der Waals surface area (Å²) in [5.74, 6) is -0.123. The Morgan fingerprint density at radius 2 is 1.93 bits per heavy atom. The fraction of sp³-hybridized carbons (Fsp3) is 0.667. The van der Waals surface area contributed by atoms with Gasteiger partial charge in [0, 0.05) is 31.3 Å². The molecular formula is C21H35FN2O2Si. The van der Waals surface area contributed by atoms with Gasteiger partial charge in [-0.2, -0.15) is 0 Å². The van der Waals surface area contributed by atoms with E-state index in [1.807, 2.05) is 4.90 Å². The van der Waals surface area contributed by atoms with E-state index in [4.69, 9.17) is 10.2 Å². The van der Waals surface area contributed by atoms with Crippen LogP contribution >= 0.6 is 0 Å². The summed E-state index contributed by atoms with van der Waals surface area (Å²) in [7, 11) is -1.76. The maximum absolute atomic E-state index is 13.8. The molecule has 1 saturated heterocycles. The number of aryl methyl sites for hydroxylation is 1. The lowest BCUT2D eigenvalue weighted by Gasteiger charge is -2.42. The van der Waals surface area contributed by atoms with E-state index in [9.17, 15) is 9.18 Å². The van der Waals surface area contributed by atoms with Crippen LogP contribution in [0.2, 0.25) is 18.1 Å². The molecule has 1 aromatic carbocycles. The van der Waals surface area contributed by atoms with Crippen LogP contribution in [0.1, 0.15) is 52.0 Å². The third-order valence-electron chi connectivity index (χ3n) is 5.98. The molecule has 0 aliphatic carbocycles. The maximum Gasteiger partial charge on any atom is 0.222 e. The molecule has 4 nitrogen and oxygen atoms in total. The van der Waals surface area contributed by atoms with Gasteiger partial charge in [-0.3, -0.25) is 4.79 Å². The van der Waals surface area contributed by atoms with Crippen LogP contribution in [0.5, 0.6) is 0 Å². The minimum Gasteiger partial charge on any atom is -0.414 e. The minimum atomic E-state index is -1.76. The quantitative estimate of drug-likeness (QED) is 0.560. The lowest BCUT2D eigenvalue weighted by atomic mass is 10.0. The lowest BCUT2D eigenvalue weighted by molar-refractivity contribution is -0.133. The number of hydrogen-bond acceptors (Lipinski definition) is 3. The Kier molecular flexibility index (Phi) is 7.08.